The van der Waals surface area contributed by atoms with E-state index in [0.717, 1.165) is 16.9 Å². The quantitative estimate of drug-likeness (QED) is 0.842. The van der Waals surface area contributed by atoms with E-state index in [0.29, 0.717) is 16.0 Å². The molecule has 7 heteroatoms. The maximum Gasteiger partial charge on any atom is 0.263 e. The van der Waals surface area contributed by atoms with Gasteiger partial charge in [0.05, 0.1) is 3.79 Å². The van der Waals surface area contributed by atoms with Gasteiger partial charge in [-0.2, -0.15) is 0 Å². The van der Waals surface area contributed by atoms with E-state index in [2.05, 4.69) is 27.6 Å². The van der Waals surface area contributed by atoms with Gasteiger partial charge >= 0.3 is 0 Å². The van der Waals surface area contributed by atoms with E-state index in [1.807, 2.05) is 12.1 Å². The average Bonchev–Trinajstić information content (AvgIpc) is 2.81. The van der Waals surface area contributed by atoms with Crippen molar-refractivity contribution in [2.24, 2.45) is 5.73 Å². The van der Waals surface area contributed by atoms with Crippen LogP contribution in [0.25, 0.3) is 0 Å². The van der Waals surface area contributed by atoms with Gasteiger partial charge < -0.3 is 5.73 Å². The average molecular weight is 375 g/mol. The van der Waals surface area contributed by atoms with Crippen molar-refractivity contribution in [3.8, 4) is 0 Å². The highest BCUT2D eigenvalue weighted by Gasteiger charge is 2.20. The Morgan fingerprint density at radius 1 is 1.30 bits per heavy atom. The third kappa shape index (κ3) is 3.41. The molecule has 0 bridgehead atoms. The highest BCUT2D eigenvalue weighted by atomic mass is 79.9. The Bertz CT molecular complexity index is 694. The van der Waals surface area contributed by atoms with Gasteiger partial charge in [-0.05, 0) is 46.1 Å². The minimum absolute atomic E-state index is 0.225. The van der Waals surface area contributed by atoms with Crippen LogP contribution in [0.2, 0.25) is 0 Å². The van der Waals surface area contributed by atoms with Crippen molar-refractivity contribution in [2.75, 3.05) is 4.72 Å². The summed E-state index contributed by atoms with van der Waals surface area (Å²) in [6.45, 7) is 2.37. The second-order valence-corrected chi connectivity index (χ2v) is 8.32. The highest BCUT2D eigenvalue weighted by molar-refractivity contribution is 9.11. The van der Waals surface area contributed by atoms with Crippen LogP contribution < -0.4 is 10.5 Å². The topological polar surface area (TPSA) is 72.2 Å². The molecule has 0 saturated carbocycles. The molecule has 1 heterocycles. The molecule has 3 N–H and O–H groups in total. The first-order valence-electron chi connectivity index (χ1n) is 6.06. The zero-order chi connectivity index (χ0) is 14.8. The lowest BCUT2D eigenvalue weighted by Crippen LogP contribution is -2.12. The predicted molar refractivity (Wildman–Crippen MR) is 86.5 cm³/mol. The Labute approximate surface area is 131 Å². The first-order chi connectivity index (χ1) is 9.46. The van der Waals surface area contributed by atoms with Gasteiger partial charge in [0.15, 0.2) is 0 Å². The number of hydrogen-bond donors (Lipinski definition) is 2. The fourth-order valence-corrected chi connectivity index (χ4v) is 5.32. The molecule has 0 aliphatic rings. The smallest absolute Gasteiger partial charge is 0.263 e. The van der Waals surface area contributed by atoms with Crippen LogP contribution in [-0.2, 0) is 23.0 Å². The van der Waals surface area contributed by atoms with Gasteiger partial charge in [0.1, 0.15) is 4.90 Å². The van der Waals surface area contributed by atoms with E-state index >= 15 is 0 Å². The lowest BCUT2D eigenvalue weighted by Gasteiger charge is -2.07. The van der Waals surface area contributed by atoms with E-state index in [1.165, 1.54) is 11.3 Å². The SMILES string of the molecule is CCc1ccc(NS(=O)(=O)c2cc(CN)sc2Br)cc1. The molecule has 1 aromatic carbocycles. The molecule has 0 fully saturated rings. The number of nitrogens with two attached hydrogens (primary N) is 1. The molecule has 0 unspecified atom stereocenters. The number of aryl methyl sites for hydroxylation is 1. The number of benzene rings is 1. The Morgan fingerprint density at radius 3 is 2.45 bits per heavy atom. The van der Waals surface area contributed by atoms with Crippen molar-refractivity contribution >= 4 is 43.0 Å². The number of sulfonamides is 1. The standard InChI is InChI=1S/C13H15BrN2O2S2/c1-2-9-3-5-10(6-4-9)16-20(17,18)12-7-11(8-15)19-13(12)14/h3-7,16H,2,8,15H2,1H3. The summed E-state index contributed by atoms with van der Waals surface area (Å²) in [5.41, 5.74) is 7.25. The molecule has 1 aromatic heterocycles. The Kier molecular flexibility index (Phi) is 4.85. The zero-order valence-electron chi connectivity index (χ0n) is 10.9. The number of rotatable bonds is 5. The van der Waals surface area contributed by atoms with Crippen LogP contribution in [-0.4, -0.2) is 8.42 Å². The maximum absolute atomic E-state index is 12.3. The van der Waals surface area contributed by atoms with Crippen molar-refractivity contribution in [1.82, 2.24) is 0 Å². The Morgan fingerprint density at radius 2 is 1.95 bits per heavy atom. The molecule has 0 spiro atoms. The molecular weight excluding hydrogens is 360 g/mol. The van der Waals surface area contributed by atoms with E-state index in [9.17, 15) is 8.42 Å². The molecule has 0 saturated heterocycles. The van der Waals surface area contributed by atoms with E-state index < -0.39 is 10.0 Å². The lowest BCUT2D eigenvalue weighted by atomic mass is 10.2. The third-order valence-electron chi connectivity index (χ3n) is 2.81. The van der Waals surface area contributed by atoms with Crippen molar-refractivity contribution in [3.05, 3.63) is 44.6 Å². The fraction of sp³-hybridized carbons (Fsp3) is 0.231. The van der Waals surface area contributed by atoms with Gasteiger partial charge in [0.25, 0.3) is 10.0 Å². The summed E-state index contributed by atoms with van der Waals surface area (Å²) in [4.78, 5) is 1.04. The molecule has 2 rings (SSSR count). The van der Waals surface area contributed by atoms with Gasteiger partial charge in [-0.1, -0.05) is 19.1 Å². The minimum atomic E-state index is -3.59. The van der Waals surface area contributed by atoms with Gasteiger partial charge in [0, 0.05) is 17.1 Å². The predicted octanol–water partition coefficient (Wildman–Crippen LogP) is 3.33. The number of thiophene rings is 1. The molecule has 108 valence electrons. The third-order valence-corrected chi connectivity index (χ3v) is 6.47. The van der Waals surface area contributed by atoms with Crippen molar-refractivity contribution < 1.29 is 8.42 Å². The molecular formula is C13H15BrN2O2S2. The van der Waals surface area contributed by atoms with Gasteiger partial charge in [-0.25, -0.2) is 8.42 Å². The molecule has 0 amide bonds. The molecule has 2 aromatic rings. The number of halogens is 1. The van der Waals surface area contributed by atoms with Crippen LogP contribution in [0.1, 0.15) is 17.4 Å². The summed E-state index contributed by atoms with van der Waals surface area (Å²) in [5.74, 6) is 0. The van der Waals surface area contributed by atoms with Gasteiger partial charge in [-0.3, -0.25) is 4.72 Å². The summed E-state index contributed by atoms with van der Waals surface area (Å²) in [5, 5.41) is 0. The van der Waals surface area contributed by atoms with Crippen LogP contribution >= 0.6 is 27.3 Å². The molecule has 0 radical (unpaired) electrons. The summed E-state index contributed by atoms with van der Waals surface area (Å²) in [6, 6.07) is 8.94. The number of nitrogens with one attached hydrogen (secondary N) is 1. The maximum atomic E-state index is 12.3. The van der Waals surface area contributed by atoms with Crippen molar-refractivity contribution in [3.63, 3.8) is 0 Å². The number of hydrogen-bond acceptors (Lipinski definition) is 4. The fourth-order valence-electron chi connectivity index (χ4n) is 1.70. The molecule has 20 heavy (non-hydrogen) atoms. The zero-order valence-corrected chi connectivity index (χ0v) is 14.1. The first kappa shape index (κ1) is 15.5. The van der Waals surface area contributed by atoms with Crippen LogP contribution in [0.4, 0.5) is 5.69 Å². The van der Waals surface area contributed by atoms with Gasteiger partial charge in [-0.15, -0.1) is 11.3 Å². The highest BCUT2D eigenvalue weighted by Crippen LogP contribution is 2.32. The normalized spacial score (nSPS) is 11.6. The van der Waals surface area contributed by atoms with Crippen molar-refractivity contribution in [1.29, 1.82) is 0 Å². The second kappa shape index (κ2) is 6.26. The second-order valence-electron chi connectivity index (χ2n) is 4.21. The van der Waals surface area contributed by atoms with Crippen LogP contribution in [0.15, 0.2) is 39.0 Å². The molecule has 0 aliphatic carbocycles. The van der Waals surface area contributed by atoms with E-state index in [1.54, 1.807) is 18.2 Å². The summed E-state index contributed by atoms with van der Waals surface area (Å²) in [6.07, 6.45) is 0.920. The first-order valence-corrected chi connectivity index (χ1v) is 9.15. The number of anilines is 1. The Balaban J connectivity index is 2.27. The largest absolute Gasteiger partial charge is 0.326 e. The lowest BCUT2D eigenvalue weighted by molar-refractivity contribution is 0.601. The van der Waals surface area contributed by atoms with Crippen molar-refractivity contribution in [2.45, 2.75) is 24.8 Å². The van der Waals surface area contributed by atoms with Crippen LogP contribution in [0, 0.1) is 0 Å². The van der Waals surface area contributed by atoms with Gasteiger partial charge in [0.2, 0.25) is 0 Å². The summed E-state index contributed by atoms with van der Waals surface area (Å²) < 4.78 is 27.8. The van der Waals surface area contributed by atoms with E-state index in [-0.39, 0.29) is 4.90 Å². The molecule has 4 nitrogen and oxygen atoms in total. The molecule has 0 atom stereocenters. The van der Waals surface area contributed by atoms with Crippen LogP contribution in [0.3, 0.4) is 0 Å². The Hall–Kier alpha value is -0.890. The summed E-state index contributed by atoms with van der Waals surface area (Å²) >= 11 is 4.60. The monoisotopic (exact) mass is 374 g/mol. The minimum Gasteiger partial charge on any atom is -0.326 e. The van der Waals surface area contributed by atoms with Crippen LogP contribution in [0.5, 0.6) is 0 Å². The van der Waals surface area contributed by atoms with E-state index in [4.69, 9.17) is 5.73 Å². The summed E-state index contributed by atoms with van der Waals surface area (Å²) in [7, 11) is -3.59. The molecule has 0 aliphatic heterocycles.